The first-order valence-corrected chi connectivity index (χ1v) is 4.94. The summed E-state index contributed by atoms with van der Waals surface area (Å²) in [4.78, 5) is 0. The molecule has 0 spiro atoms. The fraction of sp³-hybridized carbons (Fsp3) is 0.818. The Morgan fingerprint density at radius 3 is 2.36 bits per heavy atom. The lowest BCUT2D eigenvalue weighted by Gasteiger charge is -2.24. The molecule has 0 heteroatoms. The minimum absolute atomic E-state index is 0.997. The van der Waals surface area contributed by atoms with Gasteiger partial charge in [-0.15, -0.1) is 0 Å². The molecule has 1 rings (SSSR count). The predicted molar refractivity (Wildman–Crippen MR) is 50.6 cm³/mol. The first-order valence-electron chi connectivity index (χ1n) is 4.94. The van der Waals surface area contributed by atoms with Gasteiger partial charge >= 0.3 is 0 Å². The second-order valence-corrected chi connectivity index (χ2v) is 3.93. The van der Waals surface area contributed by atoms with E-state index >= 15 is 0 Å². The first-order chi connectivity index (χ1) is 5.33. The van der Waals surface area contributed by atoms with Gasteiger partial charge in [-0.05, 0) is 38.0 Å². The Morgan fingerprint density at radius 2 is 1.82 bits per heavy atom. The van der Waals surface area contributed by atoms with Crippen molar-refractivity contribution < 1.29 is 0 Å². The van der Waals surface area contributed by atoms with E-state index in [1.165, 1.54) is 32.1 Å². The highest BCUT2D eigenvalue weighted by atomic mass is 14.2. The van der Waals surface area contributed by atoms with Crippen LogP contribution in [-0.4, -0.2) is 0 Å². The van der Waals surface area contributed by atoms with Crippen molar-refractivity contribution >= 4 is 0 Å². The zero-order valence-electron chi connectivity index (χ0n) is 7.84. The molecule has 64 valence electrons. The molecular formula is C11H20. The second kappa shape index (κ2) is 4.58. The van der Waals surface area contributed by atoms with Gasteiger partial charge in [0, 0.05) is 0 Å². The van der Waals surface area contributed by atoms with Gasteiger partial charge in [-0.3, -0.25) is 0 Å². The van der Waals surface area contributed by atoms with Crippen LogP contribution >= 0.6 is 0 Å². The zero-order chi connectivity index (χ0) is 8.10. The van der Waals surface area contributed by atoms with Gasteiger partial charge in [-0.25, -0.2) is 0 Å². The molecule has 0 saturated heterocycles. The van der Waals surface area contributed by atoms with Crippen molar-refractivity contribution in [3.63, 3.8) is 0 Å². The molecule has 0 amide bonds. The Hall–Kier alpha value is -0.260. The Labute approximate surface area is 70.7 Å². The van der Waals surface area contributed by atoms with Crippen LogP contribution < -0.4 is 0 Å². The van der Waals surface area contributed by atoms with E-state index in [0.29, 0.717) is 0 Å². The number of hydrogen-bond acceptors (Lipinski definition) is 0. The lowest BCUT2D eigenvalue weighted by atomic mass is 9.81. The summed E-state index contributed by atoms with van der Waals surface area (Å²) in [7, 11) is 0. The largest absolute Gasteiger partial charge is 0.0917 e. The van der Waals surface area contributed by atoms with Crippen LogP contribution in [0.15, 0.2) is 12.2 Å². The normalized spacial score (nSPS) is 32.9. The molecular weight excluding hydrogens is 132 g/mol. The molecule has 0 aromatic carbocycles. The van der Waals surface area contributed by atoms with Crippen LogP contribution in [0.1, 0.15) is 46.0 Å². The fourth-order valence-electron chi connectivity index (χ4n) is 1.89. The Bertz CT molecular complexity index is 116. The van der Waals surface area contributed by atoms with Crippen molar-refractivity contribution in [3.05, 3.63) is 12.2 Å². The average molecular weight is 152 g/mol. The van der Waals surface area contributed by atoms with Gasteiger partial charge < -0.3 is 0 Å². The maximum absolute atomic E-state index is 2.38. The molecule has 0 heterocycles. The lowest BCUT2D eigenvalue weighted by Crippen LogP contribution is -2.11. The van der Waals surface area contributed by atoms with Crippen molar-refractivity contribution in [1.82, 2.24) is 0 Å². The zero-order valence-corrected chi connectivity index (χ0v) is 7.84. The molecule has 1 saturated carbocycles. The van der Waals surface area contributed by atoms with Crippen LogP contribution in [0.4, 0.5) is 0 Å². The highest BCUT2D eigenvalue weighted by molar-refractivity contribution is 4.82. The summed E-state index contributed by atoms with van der Waals surface area (Å²) in [6.07, 6.45) is 11.7. The maximum atomic E-state index is 2.38. The van der Waals surface area contributed by atoms with Crippen LogP contribution in [0.25, 0.3) is 0 Å². The molecule has 0 nitrogen and oxygen atoms in total. The van der Waals surface area contributed by atoms with E-state index in [4.69, 9.17) is 0 Å². The summed E-state index contributed by atoms with van der Waals surface area (Å²) in [6, 6.07) is 0. The molecule has 11 heavy (non-hydrogen) atoms. The topological polar surface area (TPSA) is 0 Å². The van der Waals surface area contributed by atoms with E-state index in [-0.39, 0.29) is 0 Å². The molecule has 0 radical (unpaired) electrons. The molecule has 1 fully saturated rings. The molecule has 0 bridgehead atoms. The average Bonchev–Trinajstić information content (AvgIpc) is 2.04. The van der Waals surface area contributed by atoms with Crippen LogP contribution in [-0.2, 0) is 0 Å². The van der Waals surface area contributed by atoms with Gasteiger partial charge in [0.2, 0.25) is 0 Å². The van der Waals surface area contributed by atoms with E-state index in [1.54, 1.807) is 0 Å². The molecule has 1 aliphatic carbocycles. The molecule has 0 aromatic heterocycles. The number of rotatable bonds is 2. The van der Waals surface area contributed by atoms with Crippen molar-refractivity contribution in [2.24, 2.45) is 11.8 Å². The second-order valence-electron chi connectivity index (χ2n) is 3.93. The van der Waals surface area contributed by atoms with E-state index in [9.17, 15) is 0 Å². The van der Waals surface area contributed by atoms with Gasteiger partial charge in [-0.1, -0.05) is 31.9 Å². The standard InChI is InChI=1S/C11H20/c1-3-4-5-11-8-6-10(2)7-9-11/h3-4,10-11H,5-9H2,1-2H3/b4-3+. The minimum atomic E-state index is 0.997. The third-order valence-electron chi connectivity index (χ3n) is 2.84. The summed E-state index contributed by atoms with van der Waals surface area (Å²) >= 11 is 0. The molecule has 0 N–H and O–H groups in total. The molecule has 0 atom stereocenters. The third-order valence-corrected chi connectivity index (χ3v) is 2.84. The van der Waals surface area contributed by atoms with Gasteiger partial charge in [-0.2, -0.15) is 0 Å². The number of allylic oxidation sites excluding steroid dienone is 2. The molecule has 0 unspecified atom stereocenters. The van der Waals surface area contributed by atoms with E-state index in [1.807, 2.05) is 0 Å². The van der Waals surface area contributed by atoms with Crippen molar-refractivity contribution in [2.75, 3.05) is 0 Å². The van der Waals surface area contributed by atoms with Crippen molar-refractivity contribution in [1.29, 1.82) is 0 Å². The Morgan fingerprint density at radius 1 is 1.18 bits per heavy atom. The summed E-state index contributed by atoms with van der Waals surface area (Å²) in [5.74, 6) is 2.00. The predicted octanol–water partition coefficient (Wildman–Crippen LogP) is 3.78. The van der Waals surface area contributed by atoms with E-state index in [0.717, 1.165) is 11.8 Å². The van der Waals surface area contributed by atoms with Crippen LogP contribution in [0.3, 0.4) is 0 Å². The molecule has 0 aromatic rings. The van der Waals surface area contributed by atoms with Crippen molar-refractivity contribution in [3.8, 4) is 0 Å². The van der Waals surface area contributed by atoms with Gasteiger partial charge in [0.1, 0.15) is 0 Å². The van der Waals surface area contributed by atoms with Crippen LogP contribution in [0.5, 0.6) is 0 Å². The summed E-state index contributed by atoms with van der Waals surface area (Å²) in [5.41, 5.74) is 0. The van der Waals surface area contributed by atoms with Gasteiger partial charge in [0.05, 0.1) is 0 Å². The highest BCUT2D eigenvalue weighted by Gasteiger charge is 2.16. The maximum Gasteiger partial charge on any atom is -0.0322 e. The number of hydrogen-bond donors (Lipinski definition) is 0. The molecule has 0 aliphatic heterocycles. The SMILES string of the molecule is C/C=C/CC1CCC(C)CC1. The minimum Gasteiger partial charge on any atom is -0.0917 e. The molecule has 1 aliphatic rings. The quantitative estimate of drug-likeness (QED) is 0.528. The Kier molecular flexibility index (Phi) is 3.68. The van der Waals surface area contributed by atoms with Gasteiger partial charge in [0.25, 0.3) is 0 Å². The lowest BCUT2D eigenvalue weighted by molar-refractivity contribution is 0.292. The highest BCUT2D eigenvalue weighted by Crippen LogP contribution is 2.30. The van der Waals surface area contributed by atoms with Crippen molar-refractivity contribution in [2.45, 2.75) is 46.0 Å². The smallest absolute Gasteiger partial charge is 0.0322 e. The third kappa shape index (κ3) is 3.09. The van der Waals surface area contributed by atoms with Crippen LogP contribution in [0.2, 0.25) is 0 Å². The summed E-state index contributed by atoms with van der Waals surface area (Å²) in [5, 5.41) is 0. The summed E-state index contributed by atoms with van der Waals surface area (Å²) < 4.78 is 0. The Balaban J connectivity index is 2.17. The van der Waals surface area contributed by atoms with E-state index < -0.39 is 0 Å². The first kappa shape index (κ1) is 8.83. The fourth-order valence-corrected chi connectivity index (χ4v) is 1.89. The van der Waals surface area contributed by atoms with Gasteiger partial charge in [0.15, 0.2) is 0 Å². The van der Waals surface area contributed by atoms with E-state index in [2.05, 4.69) is 26.0 Å². The van der Waals surface area contributed by atoms with Crippen LogP contribution in [0, 0.1) is 11.8 Å². The monoisotopic (exact) mass is 152 g/mol. The summed E-state index contributed by atoms with van der Waals surface area (Å²) in [6.45, 7) is 4.50.